The van der Waals surface area contributed by atoms with E-state index >= 15 is 0 Å². The van der Waals surface area contributed by atoms with Gasteiger partial charge in [0.1, 0.15) is 0 Å². The van der Waals surface area contributed by atoms with Gasteiger partial charge in [0.25, 0.3) is 0 Å². The van der Waals surface area contributed by atoms with Gasteiger partial charge in [-0.2, -0.15) is 0 Å². The molecular weight excluding hydrogens is 316 g/mol. The van der Waals surface area contributed by atoms with Gasteiger partial charge in [0, 0.05) is 0 Å². The molecule has 1 nitrogen and oxygen atoms in total. The quantitative estimate of drug-likeness (QED) is 0.251. The number of alkyl halides is 2. The Morgan fingerprint density at radius 1 is 1.86 bits per heavy atom. The molecule has 0 unspecified atom stereocenters. The zero-order valence-corrected chi connectivity index (χ0v) is 7.93. The molecule has 0 radical (unpaired) electrons. The minimum absolute atomic E-state index is 0.0196. The van der Waals surface area contributed by atoms with Crippen LogP contribution >= 0.6 is 22.6 Å². The Bertz CT molecular complexity index is 109. The van der Waals surface area contributed by atoms with Crippen molar-refractivity contribution in [1.29, 1.82) is 0 Å². The van der Waals surface area contributed by atoms with E-state index in [0.29, 0.717) is 0 Å². The fourth-order valence-electron chi connectivity index (χ4n) is 0.0823. The Morgan fingerprint density at radius 3 is 3.00 bits per heavy atom. The van der Waals surface area contributed by atoms with Crippen LogP contribution in [0.15, 0.2) is 15.5 Å². The number of rotatable bonds is 2. The Morgan fingerprint density at radius 2 is 2.57 bits per heavy atom. The molecular formula is C4H4I2N-. The molecule has 0 atom stereocenters. The van der Waals surface area contributed by atoms with Crippen LogP contribution in [0.3, 0.4) is 0 Å². The normalized spacial score (nSPS) is 7.00. The number of hydrogen-bond acceptors (Lipinski definition) is 1. The van der Waals surface area contributed by atoms with Gasteiger partial charge in [-0.15, -0.1) is 0 Å². The van der Waals surface area contributed by atoms with E-state index in [1.54, 1.807) is 0 Å². The molecule has 0 N–H and O–H groups in total. The van der Waals surface area contributed by atoms with Gasteiger partial charge in [0.05, 0.1) is 0 Å². The van der Waals surface area contributed by atoms with Crippen molar-refractivity contribution in [2.45, 2.75) is 0 Å². The van der Waals surface area contributed by atoms with Crippen molar-refractivity contribution in [3.05, 3.63) is 12.3 Å². The van der Waals surface area contributed by atoms with Gasteiger partial charge < -0.3 is 0 Å². The van der Waals surface area contributed by atoms with Crippen LogP contribution in [-0.2, 0) is 0 Å². The standard InChI is InChI=1S/C4H4I2N/c1-2-3-7-6-4-5/h1,4H2/q-1. The monoisotopic (exact) mass is 320 g/mol. The minimum atomic E-state index is 0.0196. The topological polar surface area (TPSA) is 12.4 Å². The molecule has 3 heteroatoms. The van der Waals surface area contributed by atoms with Gasteiger partial charge in [-0.1, -0.05) is 0 Å². The molecule has 0 saturated heterocycles. The van der Waals surface area contributed by atoms with E-state index in [-0.39, 0.29) is 21.5 Å². The first-order valence-electron chi connectivity index (χ1n) is 1.53. The molecule has 7 heavy (non-hydrogen) atoms. The summed E-state index contributed by atoms with van der Waals surface area (Å²) in [6, 6.07) is 0. The van der Waals surface area contributed by atoms with Crippen molar-refractivity contribution in [2.75, 3.05) is 2.43 Å². The van der Waals surface area contributed by atoms with Crippen molar-refractivity contribution in [2.24, 2.45) is 3.21 Å². The molecule has 0 aliphatic heterocycles. The van der Waals surface area contributed by atoms with E-state index in [0.717, 1.165) is 2.43 Å². The Kier molecular flexibility index (Phi) is 7.35. The van der Waals surface area contributed by atoms with Gasteiger partial charge >= 0.3 is 67.9 Å². The molecule has 0 saturated carbocycles. The second-order valence-electron chi connectivity index (χ2n) is 0.594. The fourth-order valence-corrected chi connectivity index (χ4v) is 1.42. The molecule has 0 fully saturated rings. The van der Waals surface area contributed by atoms with Crippen LogP contribution in [0.2, 0.25) is 0 Å². The van der Waals surface area contributed by atoms with Crippen LogP contribution in [0.5, 0.6) is 0 Å². The van der Waals surface area contributed by atoms with Crippen molar-refractivity contribution in [3.8, 4) is 0 Å². The number of hydrogen-bond donors (Lipinski definition) is 0. The Hall–Kier alpha value is 0.690. The second kappa shape index (κ2) is 6.69. The molecule has 0 rings (SSSR count). The van der Waals surface area contributed by atoms with Crippen LogP contribution < -0.4 is 21.5 Å². The molecule has 0 aromatic carbocycles. The van der Waals surface area contributed by atoms with Gasteiger partial charge in [0.15, 0.2) is 0 Å². The molecule has 0 aliphatic carbocycles. The summed E-state index contributed by atoms with van der Waals surface area (Å²) >= 11 is 2.31. The van der Waals surface area contributed by atoms with E-state index in [2.05, 4.69) is 44.0 Å². The van der Waals surface area contributed by atoms with E-state index < -0.39 is 0 Å². The Labute approximate surface area is 67.4 Å². The van der Waals surface area contributed by atoms with Crippen LogP contribution in [0.4, 0.5) is 0 Å². The van der Waals surface area contributed by atoms with Crippen molar-refractivity contribution in [1.82, 2.24) is 0 Å². The van der Waals surface area contributed by atoms with Crippen molar-refractivity contribution >= 4 is 28.5 Å². The third kappa shape index (κ3) is 6.69. The summed E-state index contributed by atoms with van der Waals surface area (Å²) in [7, 11) is 0. The van der Waals surface area contributed by atoms with Gasteiger partial charge in [0.2, 0.25) is 0 Å². The zero-order valence-electron chi connectivity index (χ0n) is 3.62. The summed E-state index contributed by atoms with van der Waals surface area (Å²) in [6.45, 7) is 3.32. The first-order valence-corrected chi connectivity index (χ1v) is 5.55. The predicted molar refractivity (Wildman–Crippen MR) is 35.5 cm³/mol. The summed E-state index contributed by atoms with van der Waals surface area (Å²) in [5, 5.41) is 0. The third-order valence-electron chi connectivity index (χ3n) is 0.226. The maximum absolute atomic E-state index is 3.89. The molecule has 0 aromatic rings. The molecule has 40 valence electrons. The van der Waals surface area contributed by atoms with E-state index in [4.69, 9.17) is 0 Å². The molecule has 0 bridgehead atoms. The van der Waals surface area contributed by atoms with Gasteiger partial charge in [-0.25, -0.2) is 0 Å². The summed E-state index contributed by atoms with van der Waals surface area (Å²) < 4.78 is 5.03. The van der Waals surface area contributed by atoms with Gasteiger partial charge in [-0.05, 0) is 0 Å². The average molecular weight is 320 g/mol. The van der Waals surface area contributed by atoms with Crippen LogP contribution in [0, 0.1) is 0 Å². The first kappa shape index (κ1) is 7.69. The van der Waals surface area contributed by atoms with E-state index in [9.17, 15) is 0 Å². The SMILES string of the molecule is C=C=C=N[I-]CI. The first-order chi connectivity index (χ1) is 3.41. The van der Waals surface area contributed by atoms with Crippen LogP contribution in [-0.4, -0.2) is 8.30 Å². The van der Waals surface area contributed by atoms with Crippen molar-refractivity contribution < 1.29 is 21.5 Å². The van der Waals surface area contributed by atoms with Crippen LogP contribution in [0.25, 0.3) is 0 Å². The second-order valence-corrected chi connectivity index (χ2v) is 6.20. The molecule has 0 aromatic heterocycles. The molecule has 0 spiro atoms. The van der Waals surface area contributed by atoms with Gasteiger partial charge in [-0.3, -0.25) is 0 Å². The van der Waals surface area contributed by atoms with E-state index in [1.165, 1.54) is 0 Å². The molecule has 0 amide bonds. The summed E-state index contributed by atoms with van der Waals surface area (Å²) in [5.74, 6) is 2.56. The summed E-state index contributed by atoms with van der Waals surface area (Å²) in [5.41, 5.74) is 2.46. The Balaban J connectivity index is 3.28. The van der Waals surface area contributed by atoms with Crippen LogP contribution in [0.1, 0.15) is 0 Å². The number of nitrogens with zero attached hydrogens (tertiary/aromatic N) is 1. The van der Waals surface area contributed by atoms with Crippen molar-refractivity contribution in [3.63, 3.8) is 0 Å². The average Bonchev–Trinajstić information content (AvgIpc) is 1.69. The molecule has 0 aliphatic rings. The predicted octanol–water partition coefficient (Wildman–Crippen LogP) is -1.61. The number of halogens is 2. The maximum atomic E-state index is 3.89. The zero-order chi connectivity index (χ0) is 5.54. The summed E-state index contributed by atoms with van der Waals surface area (Å²) in [6.07, 6.45) is 0. The van der Waals surface area contributed by atoms with E-state index in [1.807, 2.05) is 0 Å². The fraction of sp³-hybridized carbons (Fsp3) is 0.250. The third-order valence-corrected chi connectivity index (χ3v) is 2.80. The molecule has 0 heterocycles. The summed E-state index contributed by atoms with van der Waals surface area (Å²) in [4.78, 5) is 0.